The average Bonchev–Trinajstić information content (AvgIpc) is 2.29. The zero-order chi connectivity index (χ0) is 17.1. The number of nitro groups is 1. The summed E-state index contributed by atoms with van der Waals surface area (Å²) in [5, 5.41) is 10.9. The Bertz CT molecular complexity index is 657. The van der Waals surface area contributed by atoms with Gasteiger partial charge in [0.15, 0.2) is 11.7 Å². The molecule has 0 fully saturated rings. The fourth-order valence-electron chi connectivity index (χ4n) is 1.25. The van der Waals surface area contributed by atoms with Gasteiger partial charge >= 0.3 is 6.36 Å². The first-order valence-corrected chi connectivity index (χ1v) is 5.96. The first-order valence-electron chi connectivity index (χ1n) is 5.17. The lowest BCUT2D eigenvalue weighted by molar-refractivity contribution is -0.384. The highest BCUT2D eigenvalue weighted by Crippen LogP contribution is 2.39. The van der Waals surface area contributed by atoms with E-state index in [4.69, 9.17) is 17.2 Å². The Balaban J connectivity index is 3.39. The van der Waals surface area contributed by atoms with E-state index < -0.39 is 34.6 Å². The van der Waals surface area contributed by atoms with Crippen LogP contribution in [0.5, 0.6) is 5.75 Å². The van der Waals surface area contributed by atoms with Crippen LogP contribution in [0, 0.1) is 10.1 Å². The number of aliphatic imine (C=N–C) groups is 2. The number of nitrogens with zero attached hydrogens (tertiary/aromatic N) is 3. The van der Waals surface area contributed by atoms with Gasteiger partial charge in [-0.15, -0.1) is 13.2 Å². The molecule has 120 valence electrons. The van der Waals surface area contributed by atoms with Gasteiger partial charge in [0.2, 0.25) is 5.96 Å². The molecule has 0 aromatic heterocycles. The van der Waals surface area contributed by atoms with Crippen LogP contribution in [0.15, 0.2) is 26.6 Å². The molecule has 0 unspecified atom stereocenters. The molecule has 0 heterocycles. The molecule has 0 saturated carbocycles. The minimum Gasteiger partial charge on any atom is -0.404 e. The molecule has 0 radical (unpaired) electrons. The fourth-order valence-corrected chi connectivity index (χ4v) is 1.66. The van der Waals surface area contributed by atoms with Crippen molar-refractivity contribution in [3.8, 4) is 5.75 Å². The zero-order valence-electron chi connectivity index (χ0n) is 10.5. The first kappa shape index (κ1) is 17.5. The fraction of sp³-hybridized carbons (Fsp3) is 0.111. The maximum Gasteiger partial charge on any atom is 0.573 e. The summed E-state index contributed by atoms with van der Waals surface area (Å²) < 4.78 is 40.0. The summed E-state index contributed by atoms with van der Waals surface area (Å²) in [6, 6.07) is 1.45. The van der Waals surface area contributed by atoms with E-state index in [1.54, 1.807) is 0 Å². The Morgan fingerprint density at radius 3 is 2.36 bits per heavy atom. The van der Waals surface area contributed by atoms with Crippen molar-refractivity contribution in [2.24, 2.45) is 27.2 Å². The molecule has 0 aliphatic heterocycles. The van der Waals surface area contributed by atoms with E-state index in [0.717, 1.165) is 6.07 Å². The Morgan fingerprint density at radius 2 is 1.91 bits per heavy atom. The lowest BCUT2D eigenvalue weighted by Crippen LogP contribution is -2.26. The van der Waals surface area contributed by atoms with Crippen LogP contribution in [0.4, 0.5) is 24.5 Å². The van der Waals surface area contributed by atoms with Crippen LogP contribution in [0.2, 0.25) is 0 Å². The second-order valence-corrected chi connectivity index (χ2v) is 4.44. The average molecular weight is 385 g/mol. The van der Waals surface area contributed by atoms with Crippen molar-refractivity contribution in [2.75, 3.05) is 0 Å². The van der Waals surface area contributed by atoms with Gasteiger partial charge in [0.25, 0.3) is 5.69 Å². The SMILES string of the molecule is NC(N)=NC(N)=Nc1cc(Br)c(OC(F)(F)F)cc1[N+](=O)[O-]. The molecule has 0 amide bonds. The number of benzene rings is 1. The zero-order valence-corrected chi connectivity index (χ0v) is 12.1. The Kier molecular flexibility index (Phi) is 5.14. The summed E-state index contributed by atoms with van der Waals surface area (Å²) in [5.41, 5.74) is 14.3. The monoisotopic (exact) mass is 384 g/mol. The molecule has 1 aromatic carbocycles. The predicted molar refractivity (Wildman–Crippen MR) is 74.6 cm³/mol. The number of ether oxygens (including phenoxy) is 1. The van der Waals surface area contributed by atoms with Crippen molar-refractivity contribution in [3.63, 3.8) is 0 Å². The normalized spacial score (nSPS) is 11.9. The van der Waals surface area contributed by atoms with Crippen molar-refractivity contribution in [1.82, 2.24) is 0 Å². The maximum absolute atomic E-state index is 12.2. The highest BCUT2D eigenvalue weighted by atomic mass is 79.9. The van der Waals surface area contributed by atoms with Crippen LogP contribution < -0.4 is 21.9 Å². The van der Waals surface area contributed by atoms with Gasteiger partial charge in [-0.05, 0) is 22.0 Å². The number of hydrogen-bond donors (Lipinski definition) is 3. The molecule has 0 aliphatic carbocycles. The number of hydrogen-bond acceptors (Lipinski definition) is 4. The molecule has 6 N–H and O–H groups in total. The molecular weight excluding hydrogens is 377 g/mol. The molecule has 9 nitrogen and oxygen atoms in total. The maximum atomic E-state index is 12.2. The number of halogens is 4. The van der Waals surface area contributed by atoms with Crippen LogP contribution >= 0.6 is 15.9 Å². The number of alkyl halides is 3. The summed E-state index contributed by atoms with van der Waals surface area (Å²) in [6.07, 6.45) is -5.02. The van der Waals surface area contributed by atoms with E-state index in [0.29, 0.717) is 6.07 Å². The van der Waals surface area contributed by atoms with Crippen molar-refractivity contribution in [1.29, 1.82) is 0 Å². The summed E-state index contributed by atoms with van der Waals surface area (Å²) in [7, 11) is 0. The minimum absolute atomic E-state index is 0.230. The second kappa shape index (κ2) is 6.46. The third kappa shape index (κ3) is 5.08. The summed E-state index contributed by atoms with van der Waals surface area (Å²) in [4.78, 5) is 16.8. The van der Waals surface area contributed by atoms with Crippen LogP contribution in [0.3, 0.4) is 0 Å². The third-order valence-electron chi connectivity index (χ3n) is 1.93. The molecule has 13 heteroatoms. The van der Waals surface area contributed by atoms with Gasteiger partial charge < -0.3 is 21.9 Å². The van der Waals surface area contributed by atoms with Crippen molar-refractivity contribution >= 4 is 39.2 Å². The largest absolute Gasteiger partial charge is 0.573 e. The highest BCUT2D eigenvalue weighted by molar-refractivity contribution is 9.10. The predicted octanol–water partition coefficient (Wildman–Crippen LogP) is 1.48. The van der Waals surface area contributed by atoms with Gasteiger partial charge in [-0.2, -0.15) is 4.99 Å². The standard InChI is InChI=1S/C9H8BrF3N6O3/c10-3-1-4(17-8(16)18-7(14)15)5(19(20)21)2-6(3)22-9(11,12)13/h1-2H,(H6,14,15,16,17,18). The molecule has 22 heavy (non-hydrogen) atoms. The van der Waals surface area contributed by atoms with Gasteiger partial charge in [-0.3, -0.25) is 10.1 Å². The lowest BCUT2D eigenvalue weighted by atomic mass is 10.2. The Morgan fingerprint density at radius 1 is 1.32 bits per heavy atom. The third-order valence-corrected chi connectivity index (χ3v) is 2.55. The Labute approximate surface area is 128 Å². The second-order valence-electron chi connectivity index (χ2n) is 3.58. The van der Waals surface area contributed by atoms with Crippen molar-refractivity contribution in [2.45, 2.75) is 6.36 Å². The van der Waals surface area contributed by atoms with E-state index in [1.165, 1.54) is 0 Å². The van der Waals surface area contributed by atoms with Gasteiger partial charge in [0.1, 0.15) is 5.69 Å². The van der Waals surface area contributed by atoms with Crippen LogP contribution in [-0.4, -0.2) is 23.2 Å². The smallest absolute Gasteiger partial charge is 0.404 e. The minimum atomic E-state index is -5.02. The summed E-state index contributed by atoms with van der Waals surface area (Å²) in [6.45, 7) is 0. The summed E-state index contributed by atoms with van der Waals surface area (Å²) in [5.74, 6) is -1.77. The Hall–Kier alpha value is -2.57. The summed E-state index contributed by atoms with van der Waals surface area (Å²) >= 11 is 2.78. The quantitative estimate of drug-likeness (QED) is 0.310. The van der Waals surface area contributed by atoms with Crippen molar-refractivity contribution in [3.05, 3.63) is 26.7 Å². The molecule has 0 saturated heterocycles. The topological polar surface area (TPSA) is 155 Å². The highest BCUT2D eigenvalue weighted by Gasteiger charge is 2.33. The van der Waals surface area contributed by atoms with E-state index >= 15 is 0 Å². The molecule has 0 bridgehead atoms. The van der Waals surface area contributed by atoms with Gasteiger partial charge in [-0.25, -0.2) is 4.99 Å². The van der Waals surface area contributed by atoms with Gasteiger partial charge in [0.05, 0.1) is 15.5 Å². The lowest BCUT2D eigenvalue weighted by Gasteiger charge is -2.11. The first-order chi connectivity index (χ1) is 9.99. The van der Waals surface area contributed by atoms with E-state index in [9.17, 15) is 23.3 Å². The molecule has 0 atom stereocenters. The number of rotatable bonds is 3. The van der Waals surface area contributed by atoms with Crippen LogP contribution in [0.1, 0.15) is 0 Å². The number of guanidine groups is 2. The van der Waals surface area contributed by atoms with Gasteiger partial charge in [-0.1, -0.05) is 0 Å². The molecule has 1 rings (SSSR count). The van der Waals surface area contributed by atoms with Crippen LogP contribution in [-0.2, 0) is 0 Å². The van der Waals surface area contributed by atoms with E-state index in [1.807, 2.05) is 0 Å². The molecular formula is C9H8BrF3N6O3. The number of nitro benzene ring substituents is 1. The van der Waals surface area contributed by atoms with Crippen LogP contribution in [0.25, 0.3) is 0 Å². The van der Waals surface area contributed by atoms with E-state index in [-0.39, 0.29) is 10.2 Å². The molecule has 0 aliphatic rings. The van der Waals surface area contributed by atoms with E-state index in [2.05, 4.69) is 30.7 Å². The van der Waals surface area contributed by atoms with Crippen molar-refractivity contribution < 1.29 is 22.8 Å². The van der Waals surface area contributed by atoms with Gasteiger partial charge in [0, 0.05) is 0 Å². The number of nitrogens with two attached hydrogens (primary N) is 3. The molecule has 0 spiro atoms. The molecule has 1 aromatic rings.